The summed E-state index contributed by atoms with van der Waals surface area (Å²) in [7, 11) is 1.81. The Balaban J connectivity index is 1.43. The van der Waals surface area contributed by atoms with Crippen molar-refractivity contribution in [1.82, 2.24) is 10.6 Å². The van der Waals surface area contributed by atoms with Crippen LogP contribution in [0.2, 0.25) is 0 Å². The largest absolute Gasteiger partial charge is 0.396 e. The molecule has 132 valence electrons. The van der Waals surface area contributed by atoms with Gasteiger partial charge in [0, 0.05) is 38.8 Å². The number of guanidine groups is 1. The number of nitrogens with zero attached hydrogens (tertiary/aromatic N) is 1. The van der Waals surface area contributed by atoms with Gasteiger partial charge in [0.2, 0.25) is 0 Å². The van der Waals surface area contributed by atoms with Gasteiger partial charge in [0.05, 0.1) is 6.61 Å². The Hall–Kier alpha value is -1.59. The number of hydrogen-bond donors (Lipinski definition) is 3. The van der Waals surface area contributed by atoms with Crippen LogP contribution in [-0.4, -0.2) is 51.0 Å². The van der Waals surface area contributed by atoms with Crippen molar-refractivity contribution in [3.05, 3.63) is 35.9 Å². The monoisotopic (exact) mass is 331 g/mol. The minimum absolute atomic E-state index is 0.0402. The second kappa shape index (κ2) is 7.99. The number of hydrogen-bond acceptors (Lipinski definition) is 3. The molecular weight excluding hydrogens is 302 g/mol. The van der Waals surface area contributed by atoms with Crippen LogP contribution >= 0.6 is 0 Å². The van der Waals surface area contributed by atoms with Crippen LogP contribution in [0.4, 0.5) is 0 Å². The van der Waals surface area contributed by atoms with Crippen molar-refractivity contribution >= 4 is 5.96 Å². The molecule has 5 heteroatoms. The van der Waals surface area contributed by atoms with Crippen LogP contribution in [0.25, 0.3) is 0 Å². The fourth-order valence-corrected chi connectivity index (χ4v) is 3.61. The summed E-state index contributed by atoms with van der Waals surface area (Å²) in [5.74, 6) is 2.21. The summed E-state index contributed by atoms with van der Waals surface area (Å²) in [5, 5.41) is 16.2. The lowest BCUT2D eigenvalue weighted by Crippen LogP contribution is -2.45. The van der Waals surface area contributed by atoms with Crippen molar-refractivity contribution in [1.29, 1.82) is 0 Å². The molecule has 1 saturated carbocycles. The summed E-state index contributed by atoms with van der Waals surface area (Å²) in [4.78, 5) is 4.33. The van der Waals surface area contributed by atoms with E-state index in [1.165, 1.54) is 12.0 Å². The first-order valence-electron chi connectivity index (χ1n) is 8.94. The lowest BCUT2D eigenvalue weighted by atomic mass is 9.84. The summed E-state index contributed by atoms with van der Waals surface area (Å²) in [6.07, 6.45) is 3.02. The van der Waals surface area contributed by atoms with Crippen LogP contribution in [0.5, 0.6) is 0 Å². The summed E-state index contributed by atoms with van der Waals surface area (Å²) in [5.41, 5.74) is 1.48. The van der Waals surface area contributed by atoms with Gasteiger partial charge in [-0.15, -0.1) is 0 Å². The molecular formula is C19H29N3O2. The summed E-state index contributed by atoms with van der Waals surface area (Å²) < 4.78 is 5.54. The SMILES string of the molecule is CN=C(NCC1CC1c1ccccc1)NCC1(CCO)CCOC1. The molecule has 0 amide bonds. The molecule has 0 radical (unpaired) electrons. The smallest absolute Gasteiger partial charge is 0.191 e. The third-order valence-corrected chi connectivity index (χ3v) is 5.36. The molecule has 0 spiro atoms. The number of ether oxygens (including phenoxy) is 1. The zero-order chi connectivity index (χ0) is 16.8. The van der Waals surface area contributed by atoms with Gasteiger partial charge < -0.3 is 20.5 Å². The van der Waals surface area contributed by atoms with E-state index in [-0.39, 0.29) is 12.0 Å². The van der Waals surface area contributed by atoms with E-state index in [9.17, 15) is 5.11 Å². The molecule has 1 aromatic carbocycles. The topological polar surface area (TPSA) is 65.9 Å². The summed E-state index contributed by atoms with van der Waals surface area (Å²) in [6, 6.07) is 10.7. The molecule has 0 aromatic heterocycles. The lowest BCUT2D eigenvalue weighted by molar-refractivity contribution is 0.127. The Morgan fingerprint density at radius 3 is 2.83 bits per heavy atom. The van der Waals surface area contributed by atoms with Crippen molar-refractivity contribution in [2.75, 3.05) is 40.0 Å². The molecule has 3 unspecified atom stereocenters. The zero-order valence-corrected chi connectivity index (χ0v) is 14.5. The van der Waals surface area contributed by atoms with Crippen LogP contribution in [0.1, 0.15) is 30.7 Å². The van der Waals surface area contributed by atoms with Crippen LogP contribution in [-0.2, 0) is 4.74 Å². The Labute approximate surface area is 144 Å². The van der Waals surface area contributed by atoms with Gasteiger partial charge in [-0.2, -0.15) is 0 Å². The maximum atomic E-state index is 9.31. The van der Waals surface area contributed by atoms with Gasteiger partial charge in [0.15, 0.2) is 5.96 Å². The lowest BCUT2D eigenvalue weighted by Gasteiger charge is -2.27. The van der Waals surface area contributed by atoms with Gasteiger partial charge in [-0.1, -0.05) is 30.3 Å². The first kappa shape index (κ1) is 17.2. The predicted molar refractivity (Wildman–Crippen MR) is 96.2 cm³/mol. The third kappa shape index (κ3) is 4.28. The second-order valence-electron chi connectivity index (χ2n) is 7.10. The maximum Gasteiger partial charge on any atom is 0.191 e. The van der Waals surface area contributed by atoms with Crippen molar-refractivity contribution in [2.24, 2.45) is 16.3 Å². The number of aliphatic imine (C=N–C) groups is 1. The minimum atomic E-state index is 0.0402. The molecule has 3 rings (SSSR count). The van der Waals surface area contributed by atoms with Crippen LogP contribution < -0.4 is 10.6 Å². The van der Waals surface area contributed by atoms with Gasteiger partial charge in [-0.3, -0.25) is 4.99 Å². The Morgan fingerprint density at radius 2 is 2.17 bits per heavy atom. The molecule has 2 fully saturated rings. The molecule has 24 heavy (non-hydrogen) atoms. The van der Waals surface area contributed by atoms with Crippen molar-refractivity contribution in [3.8, 4) is 0 Å². The second-order valence-corrected chi connectivity index (χ2v) is 7.10. The van der Waals surface area contributed by atoms with E-state index < -0.39 is 0 Å². The van der Waals surface area contributed by atoms with Gasteiger partial charge in [-0.05, 0) is 36.7 Å². The number of rotatable bonds is 7. The highest BCUT2D eigenvalue weighted by atomic mass is 16.5. The quantitative estimate of drug-likeness (QED) is 0.526. The van der Waals surface area contributed by atoms with Crippen LogP contribution in [0.15, 0.2) is 35.3 Å². The highest BCUT2D eigenvalue weighted by Gasteiger charge is 2.38. The number of nitrogens with one attached hydrogen (secondary N) is 2. The average molecular weight is 331 g/mol. The molecule has 1 aromatic rings. The molecule has 1 aliphatic heterocycles. The molecule has 0 bridgehead atoms. The molecule has 1 heterocycles. The Kier molecular flexibility index (Phi) is 5.74. The highest BCUT2D eigenvalue weighted by molar-refractivity contribution is 5.79. The van der Waals surface area contributed by atoms with Gasteiger partial charge in [-0.25, -0.2) is 0 Å². The first-order valence-corrected chi connectivity index (χ1v) is 8.94. The van der Waals surface area contributed by atoms with E-state index in [1.807, 2.05) is 0 Å². The van der Waals surface area contributed by atoms with Crippen LogP contribution in [0.3, 0.4) is 0 Å². The van der Waals surface area contributed by atoms with E-state index in [4.69, 9.17) is 4.74 Å². The van der Waals surface area contributed by atoms with Crippen LogP contribution in [0, 0.1) is 11.3 Å². The van der Waals surface area contributed by atoms with Gasteiger partial charge in [0.25, 0.3) is 0 Å². The van der Waals surface area contributed by atoms with E-state index in [0.717, 1.165) is 45.1 Å². The fraction of sp³-hybridized carbons (Fsp3) is 0.632. The molecule has 3 atom stereocenters. The van der Waals surface area contributed by atoms with E-state index >= 15 is 0 Å². The highest BCUT2D eigenvalue weighted by Crippen LogP contribution is 2.46. The third-order valence-electron chi connectivity index (χ3n) is 5.36. The summed E-state index contributed by atoms with van der Waals surface area (Å²) >= 11 is 0. The molecule has 5 nitrogen and oxygen atoms in total. The maximum absolute atomic E-state index is 9.31. The number of benzene rings is 1. The van der Waals surface area contributed by atoms with E-state index in [1.54, 1.807) is 7.05 Å². The summed E-state index contributed by atoms with van der Waals surface area (Å²) in [6.45, 7) is 3.45. The normalized spacial score (nSPS) is 29.5. The molecule has 3 N–H and O–H groups in total. The number of aliphatic hydroxyl groups excluding tert-OH is 1. The van der Waals surface area contributed by atoms with E-state index in [2.05, 4.69) is 46.0 Å². The minimum Gasteiger partial charge on any atom is -0.396 e. The molecule has 1 saturated heterocycles. The van der Waals surface area contributed by atoms with Gasteiger partial charge >= 0.3 is 0 Å². The van der Waals surface area contributed by atoms with Crippen molar-refractivity contribution in [2.45, 2.75) is 25.2 Å². The fourth-order valence-electron chi connectivity index (χ4n) is 3.61. The Morgan fingerprint density at radius 1 is 1.33 bits per heavy atom. The van der Waals surface area contributed by atoms with Crippen molar-refractivity contribution in [3.63, 3.8) is 0 Å². The van der Waals surface area contributed by atoms with Gasteiger partial charge in [0.1, 0.15) is 0 Å². The standard InChI is InChI=1S/C19H29N3O2/c1-20-18(22-13-19(7-9-23)8-10-24-14-19)21-12-16-11-17(16)15-5-3-2-4-6-15/h2-6,16-17,23H,7-14H2,1H3,(H2,20,21,22). The number of aliphatic hydroxyl groups is 1. The molecule has 1 aliphatic carbocycles. The first-order chi connectivity index (χ1) is 11.8. The predicted octanol–water partition coefficient (Wildman–Crippen LogP) is 1.74. The van der Waals surface area contributed by atoms with Crippen molar-refractivity contribution < 1.29 is 9.84 Å². The Bertz CT molecular complexity index is 541. The van der Waals surface area contributed by atoms with E-state index in [0.29, 0.717) is 11.8 Å². The average Bonchev–Trinajstić information content (AvgIpc) is 3.26. The zero-order valence-electron chi connectivity index (χ0n) is 14.5. The molecule has 2 aliphatic rings.